The van der Waals surface area contributed by atoms with Crippen molar-refractivity contribution >= 4 is 5.91 Å². The molecule has 28 heavy (non-hydrogen) atoms. The third-order valence-electron chi connectivity index (χ3n) is 5.94. The fourth-order valence-corrected chi connectivity index (χ4v) is 4.04. The smallest absolute Gasteiger partial charge is 0.257 e. The number of methoxy groups -OCH3 is 1. The van der Waals surface area contributed by atoms with Crippen molar-refractivity contribution < 1.29 is 9.53 Å². The predicted octanol–water partition coefficient (Wildman–Crippen LogP) is 3.10. The molecule has 1 aliphatic heterocycles. The quantitative estimate of drug-likeness (QED) is 0.770. The van der Waals surface area contributed by atoms with Crippen molar-refractivity contribution in [2.45, 2.75) is 39.0 Å². The normalized spacial score (nSPS) is 17.8. The molecule has 4 rings (SSSR count). The molecule has 1 aliphatic carbocycles. The Morgan fingerprint density at radius 1 is 1.11 bits per heavy atom. The van der Waals surface area contributed by atoms with Crippen LogP contribution in [0.1, 0.15) is 54.4 Å². The van der Waals surface area contributed by atoms with E-state index in [9.17, 15) is 4.79 Å². The molecule has 6 nitrogen and oxygen atoms in total. The maximum Gasteiger partial charge on any atom is 0.257 e. The minimum absolute atomic E-state index is 0.161. The van der Waals surface area contributed by atoms with Crippen molar-refractivity contribution in [3.63, 3.8) is 0 Å². The highest BCUT2D eigenvalue weighted by atomic mass is 16.5. The highest BCUT2D eigenvalue weighted by Crippen LogP contribution is 2.42. The van der Waals surface area contributed by atoms with E-state index in [4.69, 9.17) is 9.84 Å². The number of hydrogen-bond donors (Lipinski definition) is 0. The largest absolute Gasteiger partial charge is 0.497 e. The second-order valence-corrected chi connectivity index (χ2v) is 7.67. The number of amides is 1. The first-order valence-corrected chi connectivity index (χ1v) is 10.4. The number of piperazine rings is 1. The van der Waals surface area contributed by atoms with Crippen LogP contribution in [-0.2, 0) is 6.42 Å². The third kappa shape index (κ3) is 3.53. The predicted molar refractivity (Wildman–Crippen MR) is 109 cm³/mol. The number of likely N-dealkylation sites (N-methyl/N-ethyl adjacent to an activating group) is 1. The molecule has 6 heteroatoms. The van der Waals surface area contributed by atoms with E-state index in [1.807, 2.05) is 33.8 Å². The zero-order valence-electron chi connectivity index (χ0n) is 17.1. The molecule has 0 radical (unpaired) electrons. The van der Waals surface area contributed by atoms with Gasteiger partial charge in [0.05, 0.1) is 29.7 Å². The van der Waals surface area contributed by atoms with Crippen LogP contribution in [0.25, 0.3) is 5.69 Å². The molecule has 0 bridgehead atoms. The van der Waals surface area contributed by atoms with E-state index in [0.29, 0.717) is 5.92 Å². The van der Waals surface area contributed by atoms with Gasteiger partial charge in [-0.15, -0.1) is 0 Å². The van der Waals surface area contributed by atoms with E-state index in [1.54, 1.807) is 7.11 Å². The zero-order chi connectivity index (χ0) is 19.7. The SMILES string of the molecule is CCc1c(C(=O)N2CCN(CC)CC2)c(C2CC2)nn1-c1ccc(OC)cc1. The lowest BCUT2D eigenvalue weighted by atomic mass is 10.1. The Hall–Kier alpha value is -2.34. The molecule has 2 aromatic rings. The fraction of sp³-hybridized carbons (Fsp3) is 0.545. The van der Waals surface area contributed by atoms with Gasteiger partial charge in [0.1, 0.15) is 5.75 Å². The second-order valence-electron chi connectivity index (χ2n) is 7.67. The van der Waals surface area contributed by atoms with E-state index in [1.165, 1.54) is 0 Å². The van der Waals surface area contributed by atoms with Crippen LogP contribution in [0.3, 0.4) is 0 Å². The van der Waals surface area contributed by atoms with Gasteiger partial charge >= 0.3 is 0 Å². The minimum Gasteiger partial charge on any atom is -0.497 e. The number of ether oxygens (including phenoxy) is 1. The molecule has 150 valence electrons. The van der Waals surface area contributed by atoms with Crippen molar-refractivity contribution in [1.82, 2.24) is 19.6 Å². The molecule has 2 fully saturated rings. The first kappa shape index (κ1) is 19.0. The molecule has 1 aromatic carbocycles. The Balaban J connectivity index is 1.69. The van der Waals surface area contributed by atoms with E-state index in [2.05, 4.69) is 18.7 Å². The number of carbonyl (C=O) groups excluding carboxylic acids is 1. The van der Waals surface area contributed by atoms with Gasteiger partial charge in [0, 0.05) is 32.1 Å². The summed E-state index contributed by atoms with van der Waals surface area (Å²) in [6.07, 6.45) is 3.04. The maximum absolute atomic E-state index is 13.5. The number of carbonyl (C=O) groups is 1. The van der Waals surface area contributed by atoms with Gasteiger partial charge in [0.2, 0.25) is 0 Å². The van der Waals surface area contributed by atoms with Gasteiger partial charge in [0.15, 0.2) is 0 Å². The molecule has 2 heterocycles. The molecule has 2 aliphatic rings. The standard InChI is InChI=1S/C22H30N4O2/c1-4-19-20(22(27)25-14-12-24(5-2)13-15-25)21(16-6-7-16)23-26(19)17-8-10-18(28-3)11-9-17/h8-11,16H,4-7,12-15H2,1-3H3. The van der Waals surface area contributed by atoms with E-state index >= 15 is 0 Å². The molecule has 0 atom stereocenters. The second kappa shape index (κ2) is 7.95. The number of benzene rings is 1. The molecule has 1 saturated carbocycles. The average molecular weight is 383 g/mol. The average Bonchev–Trinajstić information content (AvgIpc) is 3.53. The van der Waals surface area contributed by atoms with Crippen LogP contribution < -0.4 is 4.74 Å². The van der Waals surface area contributed by atoms with Crippen molar-refractivity contribution in [2.75, 3.05) is 39.8 Å². The Morgan fingerprint density at radius 3 is 2.32 bits per heavy atom. The van der Waals surface area contributed by atoms with Crippen LogP contribution >= 0.6 is 0 Å². The van der Waals surface area contributed by atoms with Crippen LogP contribution in [0.2, 0.25) is 0 Å². The number of rotatable bonds is 6. The fourth-order valence-electron chi connectivity index (χ4n) is 4.04. The lowest BCUT2D eigenvalue weighted by Gasteiger charge is -2.34. The molecule has 1 saturated heterocycles. The molecular formula is C22H30N4O2. The Bertz CT molecular complexity index is 831. The van der Waals surface area contributed by atoms with Crippen LogP contribution in [0.4, 0.5) is 0 Å². The summed E-state index contributed by atoms with van der Waals surface area (Å²) < 4.78 is 7.25. The molecule has 1 aromatic heterocycles. The van der Waals surface area contributed by atoms with Gasteiger partial charge in [-0.1, -0.05) is 13.8 Å². The highest BCUT2D eigenvalue weighted by molar-refractivity contribution is 5.97. The van der Waals surface area contributed by atoms with Crippen LogP contribution in [0.15, 0.2) is 24.3 Å². The maximum atomic E-state index is 13.5. The van der Waals surface area contributed by atoms with E-state index in [0.717, 1.165) is 80.4 Å². The first-order valence-electron chi connectivity index (χ1n) is 10.4. The van der Waals surface area contributed by atoms with E-state index < -0.39 is 0 Å². The monoisotopic (exact) mass is 382 g/mol. The van der Waals surface area contributed by atoms with Crippen molar-refractivity contribution in [2.24, 2.45) is 0 Å². The summed E-state index contributed by atoms with van der Waals surface area (Å²) in [5.74, 6) is 1.41. The summed E-state index contributed by atoms with van der Waals surface area (Å²) in [4.78, 5) is 17.9. The van der Waals surface area contributed by atoms with Crippen LogP contribution in [0.5, 0.6) is 5.75 Å². The number of aromatic nitrogens is 2. The molecular weight excluding hydrogens is 352 g/mol. The summed E-state index contributed by atoms with van der Waals surface area (Å²) in [6, 6.07) is 7.91. The Morgan fingerprint density at radius 2 is 1.79 bits per heavy atom. The van der Waals surface area contributed by atoms with Crippen molar-refractivity contribution in [3.8, 4) is 11.4 Å². The van der Waals surface area contributed by atoms with Crippen LogP contribution in [0, 0.1) is 0 Å². The number of nitrogens with zero attached hydrogens (tertiary/aromatic N) is 4. The summed E-state index contributed by atoms with van der Waals surface area (Å²) >= 11 is 0. The van der Waals surface area contributed by atoms with Gasteiger partial charge in [-0.3, -0.25) is 4.79 Å². The van der Waals surface area contributed by atoms with Gasteiger partial charge in [-0.25, -0.2) is 4.68 Å². The highest BCUT2D eigenvalue weighted by Gasteiger charge is 2.36. The minimum atomic E-state index is 0.161. The van der Waals surface area contributed by atoms with Gasteiger partial charge in [-0.05, 0) is 50.1 Å². The van der Waals surface area contributed by atoms with Gasteiger partial charge in [0.25, 0.3) is 5.91 Å². The summed E-state index contributed by atoms with van der Waals surface area (Å²) in [6.45, 7) is 8.84. The molecule has 0 spiro atoms. The van der Waals surface area contributed by atoms with Crippen LogP contribution in [-0.4, -0.2) is 65.3 Å². The van der Waals surface area contributed by atoms with Crippen molar-refractivity contribution in [1.29, 1.82) is 0 Å². The lowest BCUT2D eigenvalue weighted by Crippen LogP contribution is -2.48. The lowest BCUT2D eigenvalue weighted by molar-refractivity contribution is 0.0641. The third-order valence-corrected chi connectivity index (χ3v) is 5.94. The molecule has 1 amide bonds. The summed E-state index contributed by atoms with van der Waals surface area (Å²) in [7, 11) is 1.67. The topological polar surface area (TPSA) is 50.6 Å². The summed E-state index contributed by atoms with van der Waals surface area (Å²) in [5.41, 5.74) is 3.85. The van der Waals surface area contributed by atoms with Gasteiger partial charge < -0.3 is 14.5 Å². The number of hydrogen-bond acceptors (Lipinski definition) is 4. The Kier molecular flexibility index (Phi) is 5.40. The Labute approximate surface area is 167 Å². The summed E-state index contributed by atoms with van der Waals surface area (Å²) in [5, 5.41) is 4.93. The van der Waals surface area contributed by atoms with Crippen molar-refractivity contribution in [3.05, 3.63) is 41.2 Å². The molecule has 0 N–H and O–H groups in total. The first-order chi connectivity index (χ1) is 13.7. The molecule has 0 unspecified atom stereocenters. The zero-order valence-corrected chi connectivity index (χ0v) is 17.1. The van der Waals surface area contributed by atoms with Gasteiger partial charge in [-0.2, -0.15) is 5.10 Å². The van der Waals surface area contributed by atoms with E-state index in [-0.39, 0.29) is 5.91 Å².